The van der Waals surface area contributed by atoms with E-state index in [-0.39, 0.29) is 5.91 Å². The van der Waals surface area contributed by atoms with Crippen LogP contribution in [0.25, 0.3) is 0 Å². The molecule has 4 heteroatoms. The minimum absolute atomic E-state index is 0.0536. The monoisotopic (exact) mass is 233 g/mol. The first-order chi connectivity index (χ1) is 8.26. The van der Waals surface area contributed by atoms with E-state index in [0.717, 1.165) is 31.4 Å². The average molecular weight is 233 g/mol. The maximum Gasteiger partial charge on any atom is 0.272 e. The predicted molar refractivity (Wildman–Crippen MR) is 66.5 cm³/mol. The molecule has 0 aromatic carbocycles. The number of hydrogen-bond acceptors (Lipinski definition) is 3. The van der Waals surface area contributed by atoms with E-state index in [4.69, 9.17) is 5.73 Å². The Balaban J connectivity index is 2.13. The second-order valence-corrected chi connectivity index (χ2v) is 4.46. The molecule has 1 fully saturated rings. The molecule has 92 valence electrons. The van der Waals surface area contributed by atoms with E-state index in [1.807, 2.05) is 11.0 Å². The van der Waals surface area contributed by atoms with Crippen molar-refractivity contribution in [3.05, 3.63) is 29.6 Å². The molecule has 0 radical (unpaired) electrons. The highest BCUT2D eigenvalue weighted by Crippen LogP contribution is 2.21. The van der Waals surface area contributed by atoms with Gasteiger partial charge in [0.2, 0.25) is 0 Å². The lowest BCUT2D eigenvalue weighted by atomic mass is 10.1. The second-order valence-electron chi connectivity index (χ2n) is 4.46. The smallest absolute Gasteiger partial charge is 0.272 e. The van der Waals surface area contributed by atoms with Gasteiger partial charge in [-0.1, -0.05) is 13.0 Å². The second kappa shape index (κ2) is 5.27. The molecule has 17 heavy (non-hydrogen) atoms. The van der Waals surface area contributed by atoms with Gasteiger partial charge in [0.05, 0.1) is 0 Å². The van der Waals surface area contributed by atoms with Gasteiger partial charge in [-0.2, -0.15) is 0 Å². The molecule has 1 aromatic heterocycles. The summed E-state index contributed by atoms with van der Waals surface area (Å²) in [6.07, 6.45) is 4.92. The molecule has 0 aliphatic carbocycles. The largest absolute Gasteiger partial charge is 0.334 e. The van der Waals surface area contributed by atoms with Crippen LogP contribution in [0.4, 0.5) is 0 Å². The molecule has 1 unspecified atom stereocenters. The summed E-state index contributed by atoms with van der Waals surface area (Å²) in [5.74, 6) is 0.0536. The number of rotatable bonds is 3. The number of nitrogens with zero attached hydrogens (tertiary/aromatic N) is 2. The zero-order chi connectivity index (χ0) is 12.3. The van der Waals surface area contributed by atoms with Crippen LogP contribution in [0.5, 0.6) is 0 Å². The third-order valence-corrected chi connectivity index (χ3v) is 3.39. The standard InChI is InChI=1S/C13H19N3O/c1-2-11-4-3-7-16(11)13(17)12-6-5-10(8-14)9-15-12/h5-6,9,11H,2-4,7-8,14H2,1H3. The molecule has 1 atom stereocenters. The summed E-state index contributed by atoms with van der Waals surface area (Å²) in [5, 5.41) is 0. The SMILES string of the molecule is CCC1CCCN1C(=O)c1ccc(CN)cn1. The molecule has 1 aliphatic rings. The molecule has 2 N–H and O–H groups in total. The normalized spacial score (nSPS) is 19.6. The van der Waals surface area contributed by atoms with Gasteiger partial charge < -0.3 is 10.6 Å². The third kappa shape index (κ3) is 2.47. The molecule has 1 aromatic rings. The highest BCUT2D eigenvalue weighted by atomic mass is 16.2. The number of hydrogen-bond donors (Lipinski definition) is 1. The maximum atomic E-state index is 12.2. The summed E-state index contributed by atoms with van der Waals surface area (Å²) in [4.78, 5) is 18.4. The Labute approximate surface area is 102 Å². The van der Waals surface area contributed by atoms with Gasteiger partial charge in [0.1, 0.15) is 5.69 Å². The topological polar surface area (TPSA) is 59.2 Å². The Morgan fingerprint density at radius 3 is 3.00 bits per heavy atom. The highest BCUT2D eigenvalue weighted by Gasteiger charge is 2.28. The van der Waals surface area contributed by atoms with E-state index < -0.39 is 0 Å². The Morgan fingerprint density at radius 1 is 1.59 bits per heavy atom. The Hall–Kier alpha value is -1.42. The van der Waals surface area contributed by atoms with Crippen molar-refractivity contribution in [2.45, 2.75) is 38.8 Å². The molecule has 1 aliphatic heterocycles. The summed E-state index contributed by atoms with van der Waals surface area (Å²) >= 11 is 0. The lowest BCUT2D eigenvalue weighted by Gasteiger charge is -2.23. The summed E-state index contributed by atoms with van der Waals surface area (Å²) in [6.45, 7) is 3.45. The first-order valence-corrected chi connectivity index (χ1v) is 6.22. The van der Waals surface area contributed by atoms with Gasteiger partial charge in [-0.25, -0.2) is 0 Å². The molecule has 0 saturated carbocycles. The van der Waals surface area contributed by atoms with Crippen LogP contribution >= 0.6 is 0 Å². The molecule has 2 heterocycles. The van der Waals surface area contributed by atoms with Crippen LogP contribution in [0.1, 0.15) is 42.2 Å². The number of carbonyl (C=O) groups excluding carboxylic acids is 1. The fraction of sp³-hybridized carbons (Fsp3) is 0.538. The van der Waals surface area contributed by atoms with E-state index in [1.54, 1.807) is 12.3 Å². The fourth-order valence-electron chi connectivity index (χ4n) is 2.35. The van der Waals surface area contributed by atoms with Crippen molar-refractivity contribution < 1.29 is 4.79 Å². The molecule has 1 saturated heterocycles. The molecular formula is C13H19N3O. The number of likely N-dealkylation sites (tertiary alicyclic amines) is 1. The summed E-state index contributed by atoms with van der Waals surface area (Å²) in [5.41, 5.74) is 6.99. The van der Waals surface area contributed by atoms with Crippen molar-refractivity contribution in [2.24, 2.45) is 5.73 Å². The van der Waals surface area contributed by atoms with Crippen LogP contribution in [-0.4, -0.2) is 28.4 Å². The molecule has 0 bridgehead atoms. The fourth-order valence-corrected chi connectivity index (χ4v) is 2.35. The van der Waals surface area contributed by atoms with Crippen molar-refractivity contribution in [2.75, 3.05) is 6.54 Å². The first-order valence-electron chi connectivity index (χ1n) is 6.22. The van der Waals surface area contributed by atoms with Gasteiger partial charge in [0.25, 0.3) is 5.91 Å². The van der Waals surface area contributed by atoms with Crippen molar-refractivity contribution in [3.63, 3.8) is 0 Å². The molecule has 0 spiro atoms. The number of pyridine rings is 1. The molecular weight excluding hydrogens is 214 g/mol. The number of amides is 1. The third-order valence-electron chi connectivity index (χ3n) is 3.39. The van der Waals surface area contributed by atoms with Crippen LogP contribution in [0, 0.1) is 0 Å². The van der Waals surface area contributed by atoms with Crippen molar-refractivity contribution >= 4 is 5.91 Å². The minimum Gasteiger partial charge on any atom is -0.334 e. The summed E-state index contributed by atoms with van der Waals surface area (Å²) in [7, 11) is 0. The zero-order valence-electron chi connectivity index (χ0n) is 10.2. The lowest BCUT2D eigenvalue weighted by Crippen LogP contribution is -2.35. The quantitative estimate of drug-likeness (QED) is 0.861. The average Bonchev–Trinajstić information content (AvgIpc) is 2.86. The van der Waals surface area contributed by atoms with Gasteiger partial charge in [-0.15, -0.1) is 0 Å². The molecule has 2 rings (SSSR count). The van der Waals surface area contributed by atoms with Gasteiger partial charge in [-0.3, -0.25) is 9.78 Å². The number of aromatic nitrogens is 1. The van der Waals surface area contributed by atoms with E-state index in [0.29, 0.717) is 18.3 Å². The van der Waals surface area contributed by atoms with Gasteiger partial charge in [-0.05, 0) is 30.9 Å². The van der Waals surface area contributed by atoms with Crippen LogP contribution in [0.15, 0.2) is 18.3 Å². The van der Waals surface area contributed by atoms with Gasteiger partial charge in [0.15, 0.2) is 0 Å². The van der Waals surface area contributed by atoms with Crippen molar-refractivity contribution in [1.82, 2.24) is 9.88 Å². The summed E-state index contributed by atoms with van der Waals surface area (Å²) in [6, 6.07) is 4.03. The predicted octanol–water partition coefficient (Wildman–Crippen LogP) is 1.55. The van der Waals surface area contributed by atoms with Crippen LogP contribution < -0.4 is 5.73 Å². The number of carbonyl (C=O) groups is 1. The Morgan fingerprint density at radius 2 is 2.41 bits per heavy atom. The van der Waals surface area contributed by atoms with Crippen molar-refractivity contribution in [1.29, 1.82) is 0 Å². The maximum absolute atomic E-state index is 12.2. The Bertz CT molecular complexity index is 388. The number of nitrogens with two attached hydrogens (primary N) is 1. The first kappa shape index (κ1) is 12.0. The lowest BCUT2D eigenvalue weighted by molar-refractivity contribution is 0.0727. The zero-order valence-corrected chi connectivity index (χ0v) is 10.2. The molecule has 4 nitrogen and oxygen atoms in total. The highest BCUT2D eigenvalue weighted by molar-refractivity contribution is 5.92. The van der Waals surface area contributed by atoms with Crippen molar-refractivity contribution in [3.8, 4) is 0 Å². The minimum atomic E-state index is 0.0536. The van der Waals surface area contributed by atoms with Gasteiger partial charge >= 0.3 is 0 Å². The molecule has 1 amide bonds. The van der Waals surface area contributed by atoms with Crippen LogP contribution in [-0.2, 0) is 6.54 Å². The van der Waals surface area contributed by atoms with Gasteiger partial charge in [0, 0.05) is 25.3 Å². The van der Waals surface area contributed by atoms with E-state index in [1.165, 1.54) is 0 Å². The van der Waals surface area contributed by atoms with E-state index in [2.05, 4.69) is 11.9 Å². The Kier molecular flexibility index (Phi) is 3.74. The van der Waals surface area contributed by atoms with E-state index in [9.17, 15) is 4.79 Å². The summed E-state index contributed by atoms with van der Waals surface area (Å²) < 4.78 is 0. The van der Waals surface area contributed by atoms with Crippen LogP contribution in [0.2, 0.25) is 0 Å². The van der Waals surface area contributed by atoms with E-state index >= 15 is 0 Å². The van der Waals surface area contributed by atoms with Crippen LogP contribution in [0.3, 0.4) is 0 Å².